The summed E-state index contributed by atoms with van der Waals surface area (Å²) in [6.45, 7) is 3.04. The van der Waals surface area contributed by atoms with E-state index in [4.69, 9.17) is 9.52 Å². The van der Waals surface area contributed by atoms with Crippen molar-refractivity contribution >= 4 is 0 Å². The average molecular weight is 207 g/mol. The molecule has 0 saturated heterocycles. The highest BCUT2D eigenvalue weighted by atomic mass is 16.3. The maximum atomic E-state index is 8.98. The number of hydrogen-bond acceptors (Lipinski definition) is 3. The molecule has 0 aliphatic heterocycles. The Bertz CT molecular complexity index is 343. The molecule has 0 bridgehead atoms. The quantitative estimate of drug-likeness (QED) is 0.737. The van der Waals surface area contributed by atoms with Gasteiger partial charge in [-0.05, 0) is 25.0 Å². The molecular formula is C12H17NO2. The van der Waals surface area contributed by atoms with Crippen LogP contribution in [0.25, 0.3) is 0 Å². The van der Waals surface area contributed by atoms with Gasteiger partial charge >= 0.3 is 0 Å². The molecule has 0 spiro atoms. The molecule has 1 heterocycles. The Balaban J connectivity index is 1.80. The van der Waals surface area contributed by atoms with Crippen LogP contribution < -0.4 is 5.32 Å². The highest BCUT2D eigenvalue weighted by molar-refractivity contribution is 5.15. The van der Waals surface area contributed by atoms with Gasteiger partial charge in [-0.15, -0.1) is 0 Å². The van der Waals surface area contributed by atoms with E-state index in [1.807, 2.05) is 13.0 Å². The minimum absolute atomic E-state index is 0.245. The molecule has 0 saturated carbocycles. The minimum atomic E-state index is 0.245. The molecule has 1 aliphatic rings. The van der Waals surface area contributed by atoms with E-state index < -0.39 is 0 Å². The van der Waals surface area contributed by atoms with Crippen LogP contribution in [0.1, 0.15) is 17.7 Å². The van der Waals surface area contributed by atoms with E-state index in [2.05, 4.69) is 17.5 Å². The molecule has 0 aromatic carbocycles. The summed E-state index contributed by atoms with van der Waals surface area (Å²) in [5.41, 5.74) is 1.18. The summed E-state index contributed by atoms with van der Waals surface area (Å²) in [6.07, 6.45) is 6.90. The lowest BCUT2D eigenvalue weighted by molar-refractivity contribution is 0.246. The SMILES string of the molecule is Cc1ccoc1CN[C@@H]1C=C[C@H](CO)C1. The smallest absolute Gasteiger partial charge is 0.120 e. The Kier molecular flexibility index (Phi) is 3.23. The molecule has 0 amide bonds. The number of rotatable bonds is 4. The van der Waals surface area contributed by atoms with Crippen LogP contribution in [0.15, 0.2) is 28.9 Å². The van der Waals surface area contributed by atoms with Gasteiger partial charge in [-0.2, -0.15) is 0 Å². The first-order valence-corrected chi connectivity index (χ1v) is 5.35. The van der Waals surface area contributed by atoms with Crippen molar-refractivity contribution < 1.29 is 9.52 Å². The number of aryl methyl sites for hydroxylation is 1. The normalized spacial score (nSPS) is 24.9. The number of aliphatic hydroxyl groups excluding tert-OH is 1. The number of nitrogens with one attached hydrogen (secondary N) is 1. The topological polar surface area (TPSA) is 45.4 Å². The van der Waals surface area contributed by atoms with Crippen LogP contribution in [-0.4, -0.2) is 17.8 Å². The summed E-state index contributed by atoms with van der Waals surface area (Å²) < 4.78 is 5.34. The van der Waals surface area contributed by atoms with Gasteiger partial charge in [0.25, 0.3) is 0 Å². The van der Waals surface area contributed by atoms with Gasteiger partial charge in [0.2, 0.25) is 0 Å². The lowest BCUT2D eigenvalue weighted by atomic mass is 10.1. The average Bonchev–Trinajstić information content (AvgIpc) is 2.84. The number of furan rings is 1. The Morgan fingerprint density at radius 3 is 3.00 bits per heavy atom. The maximum absolute atomic E-state index is 8.98. The number of hydrogen-bond donors (Lipinski definition) is 2. The largest absolute Gasteiger partial charge is 0.468 e. The predicted octanol–water partition coefficient (Wildman–Crippen LogP) is 1.61. The van der Waals surface area contributed by atoms with Crippen LogP contribution >= 0.6 is 0 Å². The van der Waals surface area contributed by atoms with Crippen molar-refractivity contribution in [2.45, 2.75) is 25.9 Å². The zero-order valence-electron chi connectivity index (χ0n) is 8.94. The van der Waals surface area contributed by atoms with E-state index >= 15 is 0 Å². The van der Waals surface area contributed by atoms with Crippen LogP contribution in [0.3, 0.4) is 0 Å². The lowest BCUT2D eigenvalue weighted by Crippen LogP contribution is -2.26. The van der Waals surface area contributed by atoms with Gasteiger partial charge in [0.1, 0.15) is 5.76 Å². The molecule has 0 unspecified atom stereocenters. The van der Waals surface area contributed by atoms with E-state index in [-0.39, 0.29) is 6.61 Å². The molecule has 15 heavy (non-hydrogen) atoms. The zero-order chi connectivity index (χ0) is 10.7. The summed E-state index contributed by atoms with van der Waals surface area (Å²) in [7, 11) is 0. The van der Waals surface area contributed by atoms with Crippen molar-refractivity contribution in [1.82, 2.24) is 5.32 Å². The van der Waals surface area contributed by atoms with E-state index in [0.29, 0.717) is 12.0 Å². The van der Waals surface area contributed by atoms with Crippen molar-refractivity contribution in [1.29, 1.82) is 0 Å². The third-order valence-electron chi connectivity index (χ3n) is 2.90. The summed E-state index contributed by atoms with van der Waals surface area (Å²) in [4.78, 5) is 0. The first-order chi connectivity index (χ1) is 7.29. The third kappa shape index (κ3) is 2.49. The molecule has 2 N–H and O–H groups in total. The van der Waals surface area contributed by atoms with Gasteiger partial charge in [-0.1, -0.05) is 12.2 Å². The van der Waals surface area contributed by atoms with Crippen LogP contribution in [-0.2, 0) is 6.54 Å². The molecule has 1 aromatic heterocycles. The van der Waals surface area contributed by atoms with Crippen LogP contribution in [0.5, 0.6) is 0 Å². The second kappa shape index (κ2) is 4.64. The van der Waals surface area contributed by atoms with E-state index in [1.54, 1.807) is 6.26 Å². The minimum Gasteiger partial charge on any atom is -0.468 e. The van der Waals surface area contributed by atoms with Crippen molar-refractivity contribution in [2.24, 2.45) is 5.92 Å². The summed E-state index contributed by atoms with van der Waals surface area (Å²) in [5, 5.41) is 12.4. The lowest BCUT2D eigenvalue weighted by Gasteiger charge is -2.11. The fourth-order valence-electron chi connectivity index (χ4n) is 1.87. The first kappa shape index (κ1) is 10.5. The molecule has 2 rings (SSSR count). The maximum Gasteiger partial charge on any atom is 0.120 e. The second-order valence-electron chi connectivity index (χ2n) is 4.08. The molecule has 3 nitrogen and oxygen atoms in total. The Morgan fingerprint density at radius 1 is 1.53 bits per heavy atom. The summed E-state index contributed by atoms with van der Waals surface area (Å²) in [6, 6.07) is 2.34. The summed E-state index contributed by atoms with van der Waals surface area (Å²) in [5.74, 6) is 1.32. The zero-order valence-corrected chi connectivity index (χ0v) is 8.94. The summed E-state index contributed by atoms with van der Waals surface area (Å²) >= 11 is 0. The molecule has 1 aliphatic carbocycles. The van der Waals surface area contributed by atoms with Gasteiger partial charge in [-0.25, -0.2) is 0 Å². The fraction of sp³-hybridized carbons (Fsp3) is 0.500. The van der Waals surface area contributed by atoms with Crippen molar-refractivity contribution in [3.05, 3.63) is 35.8 Å². The molecular weight excluding hydrogens is 190 g/mol. The first-order valence-electron chi connectivity index (χ1n) is 5.35. The van der Waals surface area contributed by atoms with E-state index in [0.717, 1.165) is 18.7 Å². The highest BCUT2D eigenvalue weighted by Gasteiger charge is 2.17. The predicted molar refractivity (Wildman–Crippen MR) is 58.4 cm³/mol. The van der Waals surface area contributed by atoms with Gasteiger partial charge in [0, 0.05) is 18.6 Å². The van der Waals surface area contributed by atoms with Gasteiger partial charge in [-0.3, -0.25) is 0 Å². The van der Waals surface area contributed by atoms with Gasteiger partial charge in [0.15, 0.2) is 0 Å². The third-order valence-corrected chi connectivity index (χ3v) is 2.90. The molecule has 82 valence electrons. The Morgan fingerprint density at radius 2 is 2.40 bits per heavy atom. The van der Waals surface area contributed by atoms with Crippen LogP contribution in [0.4, 0.5) is 0 Å². The van der Waals surface area contributed by atoms with Crippen molar-refractivity contribution in [3.63, 3.8) is 0 Å². The standard InChI is InChI=1S/C12H17NO2/c1-9-4-5-15-12(9)7-13-11-3-2-10(6-11)8-14/h2-5,10-11,13-14H,6-8H2,1H3/t10-,11+/m0/s1. The van der Waals surface area contributed by atoms with E-state index in [9.17, 15) is 0 Å². The van der Waals surface area contributed by atoms with Crippen molar-refractivity contribution in [3.8, 4) is 0 Å². The van der Waals surface area contributed by atoms with E-state index in [1.165, 1.54) is 5.56 Å². The number of aliphatic hydroxyl groups is 1. The highest BCUT2D eigenvalue weighted by Crippen LogP contribution is 2.18. The molecule has 3 heteroatoms. The Labute approximate surface area is 89.8 Å². The Hall–Kier alpha value is -1.06. The van der Waals surface area contributed by atoms with Gasteiger partial charge in [0.05, 0.1) is 12.8 Å². The molecule has 1 aromatic rings. The fourth-order valence-corrected chi connectivity index (χ4v) is 1.87. The van der Waals surface area contributed by atoms with Gasteiger partial charge < -0.3 is 14.8 Å². The van der Waals surface area contributed by atoms with Crippen LogP contribution in [0.2, 0.25) is 0 Å². The van der Waals surface area contributed by atoms with Crippen molar-refractivity contribution in [2.75, 3.05) is 6.61 Å². The monoisotopic (exact) mass is 207 g/mol. The molecule has 2 atom stereocenters. The molecule has 0 fully saturated rings. The van der Waals surface area contributed by atoms with Crippen LogP contribution in [0, 0.1) is 12.8 Å². The second-order valence-corrected chi connectivity index (χ2v) is 4.08. The molecule has 0 radical (unpaired) electrons.